The second kappa shape index (κ2) is 7.01. The molecule has 3 N–H and O–H groups in total. The molecular formula is C14H22N2O2. The van der Waals surface area contributed by atoms with Crippen LogP contribution in [0.4, 0.5) is 0 Å². The van der Waals surface area contributed by atoms with Crippen LogP contribution < -0.4 is 15.8 Å². The van der Waals surface area contributed by atoms with Gasteiger partial charge in [-0.05, 0) is 23.6 Å². The third-order valence-electron chi connectivity index (χ3n) is 2.90. The van der Waals surface area contributed by atoms with Gasteiger partial charge in [0, 0.05) is 19.0 Å². The minimum atomic E-state index is -0.0877. The summed E-state index contributed by atoms with van der Waals surface area (Å²) in [6.07, 6.45) is 0.363. The number of hydrogen-bond acceptors (Lipinski definition) is 3. The van der Waals surface area contributed by atoms with E-state index in [-0.39, 0.29) is 11.9 Å². The van der Waals surface area contributed by atoms with E-state index in [1.165, 1.54) is 0 Å². The van der Waals surface area contributed by atoms with Crippen molar-refractivity contribution in [2.75, 3.05) is 7.11 Å². The smallest absolute Gasteiger partial charge is 0.221 e. The molecule has 4 nitrogen and oxygen atoms in total. The summed E-state index contributed by atoms with van der Waals surface area (Å²) in [5.41, 5.74) is 6.87. The maximum absolute atomic E-state index is 11.7. The normalized spacial score (nSPS) is 12.3. The zero-order valence-corrected chi connectivity index (χ0v) is 11.3. The van der Waals surface area contributed by atoms with Gasteiger partial charge < -0.3 is 15.8 Å². The highest BCUT2D eigenvalue weighted by Gasteiger charge is 2.12. The molecule has 1 unspecified atom stereocenters. The first-order valence-corrected chi connectivity index (χ1v) is 6.18. The van der Waals surface area contributed by atoms with Crippen LogP contribution in [0.2, 0.25) is 0 Å². The van der Waals surface area contributed by atoms with Gasteiger partial charge in [0.25, 0.3) is 0 Å². The Morgan fingerprint density at radius 2 is 2.17 bits per heavy atom. The lowest BCUT2D eigenvalue weighted by molar-refractivity contribution is -0.121. The molecule has 0 aromatic heterocycles. The SMILES string of the molecule is COc1cccc(CNC(=O)CC(N)C(C)C)c1. The monoisotopic (exact) mass is 250 g/mol. The van der Waals surface area contributed by atoms with Crippen LogP contribution in [0, 0.1) is 5.92 Å². The lowest BCUT2D eigenvalue weighted by Crippen LogP contribution is -2.34. The Kier molecular flexibility index (Phi) is 5.65. The highest BCUT2D eigenvalue weighted by molar-refractivity contribution is 5.76. The third-order valence-corrected chi connectivity index (χ3v) is 2.90. The molecule has 1 aromatic carbocycles. The molecule has 18 heavy (non-hydrogen) atoms. The molecule has 0 bridgehead atoms. The van der Waals surface area contributed by atoms with Gasteiger partial charge in [-0.2, -0.15) is 0 Å². The molecular weight excluding hydrogens is 228 g/mol. The van der Waals surface area contributed by atoms with Gasteiger partial charge in [-0.25, -0.2) is 0 Å². The van der Waals surface area contributed by atoms with Crippen LogP contribution in [0.5, 0.6) is 5.75 Å². The van der Waals surface area contributed by atoms with E-state index in [2.05, 4.69) is 5.32 Å². The van der Waals surface area contributed by atoms with E-state index in [1.807, 2.05) is 38.1 Å². The van der Waals surface area contributed by atoms with Crippen molar-refractivity contribution in [1.82, 2.24) is 5.32 Å². The quantitative estimate of drug-likeness (QED) is 0.807. The molecule has 1 amide bonds. The van der Waals surface area contributed by atoms with Crippen molar-refractivity contribution in [2.45, 2.75) is 32.9 Å². The second-order valence-electron chi connectivity index (χ2n) is 4.74. The molecule has 1 aromatic rings. The molecule has 0 heterocycles. The highest BCUT2D eigenvalue weighted by atomic mass is 16.5. The van der Waals surface area contributed by atoms with Crippen LogP contribution in [-0.2, 0) is 11.3 Å². The van der Waals surface area contributed by atoms with Crippen molar-refractivity contribution in [1.29, 1.82) is 0 Å². The van der Waals surface area contributed by atoms with E-state index < -0.39 is 0 Å². The van der Waals surface area contributed by atoms with Crippen molar-refractivity contribution < 1.29 is 9.53 Å². The van der Waals surface area contributed by atoms with E-state index in [4.69, 9.17) is 10.5 Å². The molecule has 0 radical (unpaired) electrons. The molecule has 0 fully saturated rings. The summed E-state index contributed by atoms with van der Waals surface area (Å²) < 4.78 is 5.12. The summed E-state index contributed by atoms with van der Waals surface area (Å²) in [6, 6.07) is 7.55. The molecule has 4 heteroatoms. The number of hydrogen-bond donors (Lipinski definition) is 2. The number of benzene rings is 1. The van der Waals surface area contributed by atoms with E-state index in [1.54, 1.807) is 7.11 Å². The van der Waals surface area contributed by atoms with Gasteiger partial charge in [0.2, 0.25) is 5.91 Å². The fourth-order valence-corrected chi connectivity index (χ4v) is 1.51. The molecule has 0 saturated heterocycles. The molecule has 100 valence electrons. The van der Waals surface area contributed by atoms with E-state index in [0.29, 0.717) is 18.9 Å². The minimum Gasteiger partial charge on any atom is -0.497 e. The van der Waals surface area contributed by atoms with Gasteiger partial charge in [0.15, 0.2) is 0 Å². The molecule has 0 saturated carbocycles. The third kappa shape index (κ3) is 4.75. The number of rotatable bonds is 6. The van der Waals surface area contributed by atoms with Crippen molar-refractivity contribution >= 4 is 5.91 Å². The Balaban J connectivity index is 2.42. The summed E-state index contributed by atoms with van der Waals surface area (Å²) in [7, 11) is 1.62. The molecule has 0 aliphatic heterocycles. The predicted molar refractivity (Wildman–Crippen MR) is 72.3 cm³/mol. The number of nitrogens with two attached hydrogens (primary N) is 1. The maximum atomic E-state index is 11.7. The molecule has 1 atom stereocenters. The Morgan fingerprint density at radius 1 is 1.44 bits per heavy atom. The highest BCUT2D eigenvalue weighted by Crippen LogP contribution is 2.12. The number of carbonyl (C=O) groups is 1. The molecule has 0 spiro atoms. The number of methoxy groups -OCH3 is 1. The topological polar surface area (TPSA) is 64.3 Å². The number of carbonyl (C=O) groups excluding carboxylic acids is 1. The summed E-state index contributed by atoms with van der Waals surface area (Å²) in [5, 5.41) is 2.86. The van der Waals surface area contributed by atoms with Crippen molar-refractivity contribution in [3.8, 4) is 5.75 Å². The van der Waals surface area contributed by atoms with Crippen LogP contribution in [0.25, 0.3) is 0 Å². The predicted octanol–water partition coefficient (Wildman–Crippen LogP) is 1.68. The fourth-order valence-electron chi connectivity index (χ4n) is 1.51. The van der Waals surface area contributed by atoms with Crippen LogP contribution >= 0.6 is 0 Å². The zero-order valence-electron chi connectivity index (χ0n) is 11.3. The van der Waals surface area contributed by atoms with Crippen LogP contribution in [0.1, 0.15) is 25.8 Å². The zero-order chi connectivity index (χ0) is 13.5. The van der Waals surface area contributed by atoms with Gasteiger partial charge in [-0.1, -0.05) is 26.0 Å². The summed E-state index contributed by atoms with van der Waals surface area (Å²) >= 11 is 0. The van der Waals surface area contributed by atoms with E-state index in [0.717, 1.165) is 11.3 Å². The first kappa shape index (κ1) is 14.5. The van der Waals surface area contributed by atoms with Gasteiger partial charge in [0.1, 0.15) is 5.75 Å². The Labute approximate surface area is 109 Å². The Bertz CT molecular complexity index is 391. The maximum Gasteiger partial charge on any atom is 0.221 e. The molecule has 1 rings (SSSR count). The van der Waals surface area contributed by atoms with Gasteiger partial charge in [-0.15, -0.1) is 0 Å². The summed E-state index contributed by atoms with van der Waals surface area (Å²) in [6.45, 7) is 4.53. The first-order valence-electron chi connectivity index (χ1n) is 6.18. The van der Waals surface area contributed by atoms with Crippen LogP contribution in [0.15, 0.2) is 24.3 Å². The lowest BCUT2D eigenvalue weighted by Gasteiger charge is -2.15. The van der Waals surface area contributed by atoms with Crippen molar-refractivity contribution in [2.24, 2.45) is 11.7 Å². The largest absolute Gasteiger partial charge is 0.497 e. The lowest BCUT2D eigenvalue weighted by atomic mass is 10.0. The molecule has 0 aliphatic carbocycles. The fraction of sp³-hybridized carbons (Fsp3) is 0.500. The van der Waals surface area contributed by atoms with Gasteiger partial charge in [-0.3, -0.25) is 4.79 Å². The average molecular weight is 250 g/mol. The van der Waals surface area contributed by atoms with Gasteiger partial charge in [0.05, 0.1) is 7.11 Å². The van der Waals surface area contributed by atoms with Gasteiger partial charge >= 0.3 is 0 Å². The van der Waals surface area contributed by atoms with Crippen LogP contribution in [-0.4, -0.2) is 19.1 Å². The summed E-state index contributed by atoms with van der Waals surface area (Å²) in [4.78, 5) is 11.7. The standard InChI is InChI=1S/C14H22N2O2/c1-10(2)13(15)8-14(17)16-9-11-5-4-6-12(7-11)18-3/h4-7,10,13H,8-9,15H2,1-3H3,(H,16,17). The summed E-state index contributed by atoms with van der Waals surface area (Å²) in [5.74, 6) is 1.09. The number of amides is 1. The Morgan fingerprint density at radius 3 is 2.78 bits per heavy atom. The number of ether oxygens (including phenoxy) is 1. The number of nitrogens with one attached hydrogen (secondary N) is 1. The first-order chi connectivity index (χ1) is 8.52. The molecule has 0 aliphatic rings. The van der Waals surface area contributed by atoms with Crippen molar-refractivity contribution in [3.63, 3.8) is 0 Å². The van der Waals surface area contributed by atoms with E-state index >= 15 is 0 Å². The minimum absolute atomic E-state index is 0.0148. The Hall–Kier alpha value is -1.55. The van der Waals surface area contributed by atoms with E-state index in [9.17, 15) is 4.79 Å². The second-order valence-corrected chi connectivity index (χ2v) is 4.74. The van der Waals surface area contributed by atoms with Crippen molar-refractivity contribution in [3.05, 3.63) is 29.8 Å². The van der Waals surface area contributed by atoms with Crippen LogP contribution in [0.3, 0.4) is 0 Å². The average Bonchev–Trinajstić information content (AvgIpc) is 2.36.